The highest BCUT2D eigenvalue weighted by molar-refractivity contribution is 5.73. The first-order chi connectivity index (χ1) is 7.00. The minimum Gasteiger partial charge on any atom is -0.335 e. The topological polar surface area (TPSA) is 44.4 Å². The van der Waals surface area contributed by atoms with Crippen molar-refractivity contribution in [2.75, 3.05) is 0 Å². The number of hydrogen-bond donors (Lipinski definition) is 2. The Balaban J connectivity index is 2.44. The molecule has 2 N–H and O–H groups in total. The van der Waals surface area contributed by atoms with Gasteiger partial charge in [0, 0.05) is 18.1 Å². The lowest BCUT2D eigenvalue weighted by Gasteiger charge is -2.38. The largest absolute Gasteiger partial charge is 0.335 e. The zero-order valence-corrected chi connectivity index (χ0v) is 10.2. The van der Waals surface area contributed by atoms with Crippen molar-refractivity contribution in [3.8, 4) is 0 Å². The summed E-state index contributed by atoms with van der Waals surface area (Å²) in [5, 5.41) is 4.91. The Morgan fingerprint density at radius 3 is 2.27 bits per heavy atom. The summed E-state index contributed by atoms with van der Waals surface area (Å²) in [6.07, 6.45) is 3.57. The smallest absolute Gasteiger partial charge is 0.329 e. The molecule has 4 nitrogen and oxygen atoms in total. The van der Waals surface area contributed by atoms with Gasteiger partial charge in [-0.2, -0.15) is 0 Å². The van der Waals surface area contributed by atoms with E-state index in [0.717, 1.165) is 12.8 Å². The van der Waals surface area contributed by atoms with E-state index in [-0.39, 0.29) is 12.1 Å². The number of rotatable bonds is 2. The molecular formula is C11H23N3O. The van der Waals surface area contributed by atoms with Crippen LogP contribution in [0.15, 0.2) is 0 Å². The van der Waals surface area contributed by atoms with E-state index in [0.29, 0.717) is 12.1 Å². The van der Waals surface area contributed by atoms with Crippen LogP contribution in [0.4, 0.5) is 4.79 Å². The molecule has 0 radical (unpaired) electrons. The van der Waals surface area contributed by atoms with Gasteiger partial charge in [0.15, 0.2) is 0 Å². The summed E-state index contributed by atoms with van der Waals surface area (Å²) in [6, 6.07) is 0.962. The van der Waals surface area contributed by atoms with E-state index in [2.05, 4.69) is 29.6 Å². The van der Waals surface area contributed by atoms with Crippen LogP contribution in [0.2, 0.25) is 0 Å². The molecular weight excluding hydrogens is 190 g/mol. The van der Waals surface area contributed by atoms with E-state index < -0.39 is 0 Å². The molecule has 2 unspecified atom stereocenters. The number of carbonyl (C=O) groups is 1. The van der Waals surface area contributed by atoms with Gasteiger partial charge in [-0.1, -0.05) is 6.42 Å². The first-order valence-electron chi connectivity index (χ1n) is 5.86. The Bertz CT molecular complexity index is 208. The first kappa shape index (κ1) is 12.3. The van der Waals surface area contributed by atoms with Gasteiger partial charge in [-0.05, 0) is 40.5 Å². The molecule has 15 heavy (non-hydrogen) atoms. The predicted octanol–water partition coefficient (Wildman–Crippen LogP) is 1.87. The zero-order valence-electron chi connectivity index (χ0n) is 10.2. The molecule has 1 aliphatic heterocycles. The number of amides is 2. The van der Waals surface area contributed by atoms with E-state index in [1.165, 1.54) is 6.42 Å². The average Bonchev–Trinajstić information content (AvgIpc) is 2.10. The molecule has 4 heteroatoms. The van der Waals surface area contributed by atoms with Crippen LogP contribution in [0.1, 0.15) is 47.0 Å². The molecule has 1 rings (SSSR count). The quantitative estimate of drug-likeness (QED) is 0.735. The summed E-state index contributed by atoms with van der Waals surface area (Å²) in [4.78, 5) is 11.5. The van der Waals surface area contributed by atoms with Gasteiger partial charge in [0.1, 0.15) is 0 Å². The molecule has 2 atom stereocenters. The summed E-state index contributed by atoms with van der Waals surface area (Å²) in [7, 11) is 0. The molecule has 0 spiro atoms. The molecule has 1 fully saturated rings. The highest BCUT2D eigenvalue weighted by Gasteiger charge is 2.25. The number of urea groups is 1. The van der Waals surface area contributed by atoms with Crippen LogP contribution in [0, 0.1) is 0 Å². The Labute approximate surface area is 92.4 Å². The molecule has 0 aromatic carbocycles. The first-order valence-corrected chi connectivity index (χ1v) is 5.86. The van der Waals surface area contributed by atoms with Crippen molar-refractivity contribution in [3.05, 3.63) is 0 Å². The Morgan fingerprint density at radius 2 is 1.80 bits per heavy atom. The average molecular weight is 213 g/mol. The standard InChI is InChI=1S/C11H23N3O/c1-8(2)12-11(15)13-14-9(3)6-5-7-10(14)4/h8-10H,5-7H2,1-4H3,(H2,12,13,15). The number of carbonyl (C=O) groups excluding carboxylic acids is 1. The van der Waals surface area contributed by atoms with E-state index in [9.17, 15) is 4.79 Å². The second-order valence-corrected chi connectivity index (χ2v) is 4.78. The van der Waals surface area contributed by atoms with E-state index in [1.807, 2.05) is 13.8 Å². The lowest BCUT2D eigenvalue weighted by atomic mass is 10.00. The number of nitrogens with one attached hydrogen (secondary N) is 2. The zero-order chi connectivity index (χ0) is 11.4. The summed E-state index contributed by atoms with van der Waals surface area (Å²) in [6.45, 7) is 8.24. The fourth-order valence-electron chi connectivity index (χ4n) is 2.05. The third-order valence-corrected chi connectivity index (χ3v) is 2.84. The van der Waals surface area contributed by atoms with Gasteiger partial charge >= 0.3 is 6.03 Å². The van der Waals surface area contributed by atoms with Gasteiger partial charge in [-0.3, -0.25) is 5.43 Å². The Hall–Kier alpha value is -0.770. The third-order valence-electron chi connectivity index (χ3n) is 2.84. The highest BCUT2D eigenvalue weighted by atomic mass is 16.2. The third kappa shape index (κ3) is 3.70. The van der Waals surface area contributed by atoms with Gasteiger partial charge < -0.3 is 5.32 Å². The van der Waals surface area contributed by atoms with Crippen LogP contribution in [0.25, 0.3) is 0 Å². The van der Waals surface area contributed by atoms with Crippen molar-refractivity contribution in [2.45, 2.75) is 65.1 Å². The molecule has 88 valence electrons. The maximum Gasteiger partial charge on any atom is 0.329 e. The van der Waals surface area contributed by atoms with Crippen LogP contribution < -0.4 is 10.7 Å². The SMILES string of the molecule is CC(C)NC(=O)NN1C(C)CCCC1C. The normalized spacial score (nSPS) is 27.8. The van der Waals surface area contributed by atoms with Gasteiger partial charge in [0.25, 0.3) is 0 Å². The van der Waals surface area contributed by atoms with Crippen LogP contribution >= 0.6 is 0 Å². The van der Waals surface area contributed by atoms with Crippen molar-refractivity contribution >= 4 is 6.03 Å². The molecule has 0 aromatic heterocycles. The van der Waals surface area contributed by atoms with Gasteiger partial charge in [0.2, 0.25) is 0 Å². The minimum absolute atomic E-state index is 0.0920. The Kier molecular flexibility index (Phi) is 4.39. The molecule has 2 amide bonds. The summed E-state index contributed by atoms with van der Waals surface area (Å²) < 4.78 is 0. The lowest BCUT2D eigenvalue weighted by Crippen LogP contribution is -2.57. The summed E-state index contributed by atoms with van der Waals surface area (Å²) in [5.74, 6) is 0. The Morgan fingerprint density at radius 1 is 1.27 bits per heavy atom. The van der Waals surface area contributed by atoms with Crippen molar-refractivity contribution in [3.63, 3.8) is 0 Å². The lowest BCUT2D eigenvalue weighted by molar-refractivity contribution is 0.0590. The van der Waals surface area contributed by atoms with Crippen LogP contribution in [-0.2, 0) is 0 Å². The molecule has 0 aromatic rings. The van der Waals surface area contributed by atoms with Crippen LogP contribution in [-0.4, -0.2) is 29.2 Å². The second kappa shape index (κ2) is 5.35. The molecule has 1 aliphatic rings. The molecule has 0 aliphatic carbocycles. The van der Waals surface area contributed by atoms with Gasteiger partial charge in [-0.25, -0.2) is 9.80 Å². The fourth-order valence-corrected chi connectivity index (χ4v) is 2.05. The maximum absolute atomic E-state index is 11.5. The monoisotopic (exact) mass is 213 g/mol. The van der Waals surface area contributed by atoms with Crippen molar-refractivity contribution < 1.29 is 4.79 Å². The number of hydrazine groups is 1. The fraction of sp³-hybridized carbons (Fsp3) is 0.909. The number of nitrogens with zero attached hydrogens (tertiary/aromatic N) is 1. The van der Waals surface area contributed by atoms with E-state index in [4.69, 9.17) is 0 Å². The van der Waals surface area contributed by atoms with Crippen LogP contribution in [0.5, 0.6) is 0 Å². The van der Waals surface area contributed by atoms with Crippen molar-refractivity contribution in [1.82, 2.24) is 15.8 Å². The predicted molar refractivity (Wildman–Crippen MR) is 61.4 cm³/mol. The van der Waals surface area contributed by atoms with Gasteiger partial charge in [0.05, 0.1) is 0 Å². The molecule has 1 saturated heterocycles. The maximum atomic E-state index is 11.5. The highest BCUT2D eigenvalue weighted by Crippen LogP contribution is 2.19. The molecule has 0 bridgehead atoms. The molecule has 0 saturated carbocycles. The van der Waals surface area contributed by atoms with Crippen LogP contribution in [0.3, 0.4) is 0 Å². The van der Waals surface area contributed by atoms with Crippen molar-refractivity contribution in [1.29, 1.82) is 0 Å². The van der Waals surface area contributed by atoms with Gasteiger partial charge in [-0.15, -0.1) is 0 Å². The second-order valence-electron chi connectivity index (χ2n) is 4.78. The number of piperidine rings is 1. The minimum atomic E-state index is -0.0920. The van der Waals surface area contributed by atoms with E-state index >= 15 is 0 Å². The number of hydrogen-bond acceptors (Lipinski definition) is 2. The van der Waals surface area contributed by atoms with E-state index in [1.54, 1.807) is 0 Å². The molecule has 1 heterocycles. The van der Waals surface area contributed by atoms with Crippen molar-refractivity contribution in [2.24, 2.45) is 0 Å². The summed E-state index contributed by atoms with van der Waals surface area (Å²) >= 11 is 0. The summed E-state index contributed by atoms with van der Waals surface area (Å²) in [5.41, 5.74) is 2.93.